The minimum absolute atomic E-state index is 0.00130. The molecule has 0 fully saturated rings. The van der Waals surface area contributed by atoms with E-state index in [9.17, 15) is 0 Å². The summed E-state index contributed by atoms with van der Waals surface area (Å²) in [5.41, 5.74) is 6.07. The fraction of sp³-hybridized carbons (Fsp3) is 0.417. The highest BCUT2D eigenvalue weighted by molar-refractivity contribution is 5.97. The molecule has 0 aliphatic carbocycles. The van der Waals surface area contributed by atoms with Gasteiger partial charge in [-0.3, -0.25) is 5.41 Å². The third kappa shape index (κ3) is 3.15. The van der Waals surface area contributed by atoms with Crippen LogP contribution in [-0.4, -0.2) is 19.6 Å². The zero-order chi connectivity index (χ0) is 12.1. The largest absolute Gasteiger partial charge is 0.497 e. The van der Waals surface area contributed by atoms with Gasteiger partial charge in [0.25, 0.3) is 0 Å². The molecule has 88 valence electrons. The van der Waals surface area contributed by atoms with Gasteiger partial charge in [0.1, 0.15) is 17.3 Å². The predicted octanol–water partition coefficient (Wildman–Crippen LogP) is 2.01. The molecular weight excluding hydrogens is 204 g/mol. The maximum Gasteiger partial charge on any atom is 0.133 e. The van der Waals surface area contributed by atoms with E-state index in [0.717, 1.165) is 0 Å². The van der Waals surface area contributed by atoms with E-state index in [-0.39, 0.29) is 5.84 Å². The van der Waals surface area contributed by atoms with E-state index >= 15 is 0 Å². The number of nitrogens with one attached hydrogen (secondary N) is 1. The summed E-state index contributed by atoms with van der Waals surface area (Å²) in [6.45, 7) is 4.72. The highest BCUT2D eigenvalue weighted by Gasteiger charge is 2.09. The molecule has 0 saturated heterocycles. The Labute approximate surface area is 95.9 Å². The molecule has 0 aromatic heterocycles. The van der Waals surface area contributed by atoms with Crippen molar-refractivity contribution in [3.63, 3.8) is 0 Å². The minimum Gasteiger partial charge on any atom is -0.497 e. The van der Waals surface area contributed by atoms with Crippen molar-refractivity contribution in [1.29, 1.82) is 5.41 Å². The van der Waals surface area contributed by atoms with Crippen LogP contribution in [0.4, 0.5) is 0 Å². The van der Waals surface area contributed by atoms with Gasteiger partial charge in [0.2, 0.25) is 0 Å². The lowest BCUT2D eigenvalue weighted by molar-refractivity contribution is 0.269. The van der Waals surface area contributed by atoms with Gasteiger partial charge in [-0.1, -0.05) is 13.8 Å². The number of nitrogen functional groups attached to an aromatic ring is 1. The van der Waals surface area contributed by atoms with E-state index in [1.807, 2.05) is 0 Å². The van der Waals surface area contributed by atoms with E-state index in [4.69, 9.17) is 20.6 Å². The van der Waals surface area contributed by atoms with E-state index in [1.54, 1.807) is 25.3 Å². The summed E-state index contributed by atoms with van der Waals surface area (Å²) >= 11 is 0. The van der Waals surface area contributed by atoms with Crippen LogP contribution in [-0.2, 0) is 0 Å². The van der Waals surface area contributed by atoms with E-state index in [0.29, 0.717) is 29.6 Å². The quantitative estimate of drug-likeness (QED) is 0.591. The van der Waals surface area contributed by atoms with Gasteiger partial charge in [-0.2, -0.15) is 0 Å². The van der Waals surface area contributed by atoms with Crippen LogP contribution in [0.3, 0.4) is 0 Å². The van der Waals surface area contributed by atoms with Crippen molar-refractivity contribution < 1.29 is 9.47 Å². The zero-order valence-corrected chi connectivity index (χ0v) is 9.91. The van der Waals surface area contributed by atoms with Crippen LogP contribution in [0.25, 0.3) is 0 Å². The lowest BCUT2D eigenvalue weighted by Crippen LogP contribution is -2.14. The van der Waals surface area contributed by atoms with Gasteiger partial charge < -0.3 is 15.2 Å². The molecule has 0 unspecified atom stereocenters. The number of nitrogens with two attached hydrogens (primary N) is 1. The molecule has 0 bridgehead atoms. The molecule has 0 heterocycles. The Morgan fingerprint density at radius 1 is 1.44 bits per heavy atom. The number of ether oxygens (including phenoxy) is 2. The molecule has 3 N–H and O–H groups in total. The summed E-state index contributed by atoms with van der Waals surface area (Å²) in [5, 5.41) is 7.45. The van der Waals surface area contributed by atoms with Crippen molar-refractivity contribution in [2.24, 2.45) is 11.7 Å². The molecule has 1 rings (SSSR count). The zero-order valence-electron chi connectivity index (χ0n) is 9.91. The fourth-order valence-electron chi connectivity index (χ4n) is 1.23. The summed E-state index contributed by atoms with van der Waals surface area (Å²) < 4.78 is 10.7. The first-order valence-corrected chi connectivity index (χ1v) is 5.19. The number of methoxy groups -OCH3 is 1. The Bertz CT molecular complexity index is 375. The number of benzene rings is 1. The summed E-state index contributed by atoms with van der Waals surface area (Å²) in [7, 11) is 1.59. The molecule has 0 radical (unpaired) electrons. The molecule has 4 nitrogen and oxygen atoms in total. The van der Waals surface area contributed by atoms with Gasteiger partial charge in [0.15, 0.2) is 0 Å². The highest BCUT2D eigenvalue weighted by Crippen LogP contribution is 2.24. The second-order valence-electron chi connectivity index (χ2n) is 3.98. The molecular formula is C12H18N2O2. The Balaban J connectivity index is 2.96. The Hall–Kier alpha value is -1.71. The average molecular weight is 222 g/mol. The number of amidine groups is 1. The maximum atomic E-state index is 7.45. The van der Waals surface area contributed by atoms with Gasteiger partial charge in [0, 0.05) is 6.07 Å². The van der Waals surface area contributed by atoms with Crippen molar-refractivity contribution in [1.82, 2.24) is 0 Å². The normalized spacial score (nSPS) is 10.2. The number of hydrogen-bond donors (Lipinski definition) is 2. The summed E-state index contributed by atoms with van der Waals surface area (Å²) in [6, 6.07) is 5.24. The van der Waals surface area contributed by atoms with Crippen LogP contribution in [0.1, 0.15) is 19.4 Å². The molecule has 16 heavy (non-hydrogen) atoms. The fourth-order valence-corrected chi connectivity index (χ4v) is 1.23. The lowest BCUT2D eigenvalue weighted by Gasteiger charge is -2.13. The van der Waals surface area contributed by atoms with Gasteiger partial charge >= 0.3 is 0 Å². The molecule has 1 aromatic carbocycles. The smallest absolute Gasteiger partial charge is 0.133 e. The van der Waals surface area contributed by atoms with Gasteiger partial charge in [-0.05, 0) is 18.1 Å². The van der Waals surface area contributed by atoms with Crippen LogP contribution < -0.4 is 15.2 Å². The van der Waals surface area contributed by atoms with Crippen molar-refractivity contribution in [2.75, 3.05) is 13.7 Å². The molecule has 0 atom stereocenters. The van der Waals surface area contributed by atoms with Gasteiger partial charge in [-0.25, -0.2) is 0 Å². The average Bonchev–Trinajstić information content (AvgIpc) is 2.25. The predicted molar refractivity (Wildman–Crippen MR) is 64.3 cm³/mol. The first-order chi connectivity index (χ1) is 7.54. The summed E-state index contributed by atoms with van der Waals surface area (Å²) in [4.78, 5) is 0. The second-order valence-corrected chi connectivity index (χ2v) is 3.98. The first kappa shape index (κ1) is 12.4. The molecule has 0 saturated carbocycles. The van der Waals surface area contributed by atoms with Gasteiger partial charge in [-0.15, -0.1) is 0 Å². The third-order valence-electron chi connectivity index (χ3n) is 2.05. The highest BCUT2D eigenvalue weighted by atomic mass is 16.5. The lowest BCUT2D eigenvalue weighted by atomic mass is 10.1. The summed E-state index contributed by atoms with van der Waals surface area (Å²) in [6.07, 6.45) is 0. The Kier molecular flexibility index (Phi) is 4.17. The van der Waals surface area contributed by atoms with Gasteiger partial charge in [0.05, 0.1) is 19.3 Å². The number of hydrogen-bond acceptors (Lipinski definition) is 3. The van der Waals surface area contributed by atoms with E-state index < -0.39 is 0 Å². The SMILES string of the molecule is COc1ccc(C(=N)N)c(OCC(C)C)c1. The summed E-state index contributed by atoms with van der Waals surface area (Å²) in [5.74, 6) is 1.72. The maximum absolute atomic E-state index is 7.45. The topological polar surface area (TPSA) is 68.3 Å². The van der Waals surface area contributed by atoms with Crippen LogP contribution >= 0.6 is 0 Å². The van der Waals surface area contributed by atoms with Crippen molar-refractivity contribution in [3.05, 3.63) is 23.8 Å². The van der Waals surface area contributed by atoms with Crippen molar-refractivity contribution in [3.8, 4) is 11.5 Å². The third-order valence-corrected chi connectivity index (χ3v) is 2.05. The molecule has 0 amide bonds. The Morgan fingerprint density at radius 2 is 2.12 bits per heavy atom. The second kappa shape index (κ2) is 5.39. The Morgan fingerprint density at radius 3 is 2.62 bits per heavy atom. The molecule has 0 spiro atoms. The van der Waals surface area contributed by atoms with Crippen molar-refractivity contribution in [2.45, 2.75) is 13.8 Å². The molecule has 1 aromatic rings. The van der Waals surface area contributed by atoms with Crippen LogP contribution in [0.5, 0.6) is 11.5 Å². The number of rotatable bonds is 5. The molecule has 0 aliphatic rings. The van der Waals surface area contributed by atoms with Crippen molar-refractivity contribution >= 4 is 5.84 Å². The van der Waals surface area contributed by atoms with E-state index in [1.165, 1.54) is 0 Å². The first-order valence-electron chi connectivity index (χ1n) is 5.19. The van der Waals surface area contributed by atoms with Crippen LogP contribution in [0, 0.1) is 11.3 Å². The minimum atomic E-state index is 0.00130. The molecule has 4 heteroatoms. The molecule has 0 aliphatic heterocycles. The van der Waals surface area contributed by atoms with Crippen LogP contribution in [0.2, 0.25) is 0 Å². The monoisotopic (exact) mass is 222 g/mol. The standard InChI is InChI=1S/C12H18N2O2/c1-8(2)7-16-11-6-9(15-3)4-5-10(11)12(13)14/h4-6,8H,7H2,1-3H3,(H3,13,14). The van der Waals surface area contributed by atoms with Crippen LogP contribution in [0.15, 0.2) is 18.2 Å². The van der Waals surface area contributed by atoms with E-state index in [2.05, 4.69) is 13.8 Å².